The van der Waals surface area contributed by atoms with Crippen LogP contribution in [0.2, 0.25) is 0 Å². The molecule has 0 spiro atoms. The molecule has 0 atom stereocenters. The molecule has 3 rings (SSSR count). The summed E-state index contributed by atoms with van der Waals surface area (Å²) in [6.45, 7) is 0. The van der Waals surface area contributed by atoms with Crippen LogP contribution in [0.5, 0.6) is 0 Å². The first-order valence-corrected chi connectivity index (χ1v) is 6.34. The van der Waals surface area contributed by atoms with E-state index in [-0.39, 0.29) is 5.91 Å². The summed E-state index contributed by atoms with van der Waals surface area (Å²) in [5, 5.41) is 2.99. The normalized spacial score (nSPS) is 15.8. The Morgan fingerprint density at radius 3 is 3.06 bits per heavy atom. The van der Waals surface area contributed by atoms with Gasteiger partial charge in [-0.1, -0.05) is 0 Å². The molecule has 1 aliphatic rings. The first kappa shape index (κ1) is 10.7. The fourth-order valence-corrected chi connectivity index (χ4v) is 2.14. The topological polar surface area (TPSA) is 70.7 Å². The fourth-order valence-electron chi connectivity index (χ4n) is 1.86. The Kier molecular flexibility index (Phi) is 2.58. The standard InChI is InChI=1S/C11H11BrN4O/c12-8-5-14-10-9(16-8)7(4-13-10)11(17)15-6-2-1-3-6/h4-6H,1-3H2,(H,13,14)(H,15,17). The molecule has 5 nitrogen and oxygen atoms in total. The van der Waals surface area contributed by atoms with Crippen molar-refractivity contribution in [2.45, 2.75) is 25.3 Å². The van der Waals surface area contributed by atoms with Crippen LogP contribution in [0, 0.1) is 0 Å². The molecule has 6 heteroatoms. The third kappa shape index (κ3) is 1.93. The average molecular weight is 295 g/mol. The van der Waals surface area contributed by atoms with Gasteiger partial charge in [-0.3, -0.25) is 4.79 Å². The Bertz CT molecular complexity index is 576. The smallest absolute Gasteiger partial charge is 0.255 e. The third-order valence-corrected chi connectivity index (χ3v) is 3.42. The van der Waals surface area contributed by atoms with E-state index < -0.39 is 0 Å². The minimum absolute atomic E-state index is 0.0756. The van der Waals surface area contributed by atoms with E-state index in [0.29, 0.717) is 27.4 Å². The Morgan fingerprint density at radius 1 is 1.53 bits per heavy atom. The van der Waals surface area contributed by atoms with Gasteiger partial charge in [0.15, 0.2) is 5.65 Å². The molecule has 0 saturated heterocycles. The molecule has 1 amide bonds. The van der Waals surface area contributed by atoms with Crippen molar-refractivity contribution in [2.75, 3.05) is 0 Å². The van der Waals surface area contributed by atoms with Crippen LogP contribution in [-0.4, -0.2) is 26.9 Å². The molecule has 1 aliphatic carbocycles. The number of amides is 1. The van der Waals surface area contributed by atoms with Crippen molar-refractivity contribution >= 4 is 33.0 Å². The van der Waals surface area contributed by atoms with Crippen LogP contribution in [-0.2, 0) is 0 Å². The van der Waals surface area contributed by atoms with E-state index in [0.717, 1.165) is 12.8 Å². The molecule has 0 aliphatic heterocycles. The van der Waals surface area contributed by atoms with E-state index >= 15 is 0 Å². The lowest BCUT2D eigenvalue weighted by atomic mass is 9.93. The van der Waals surface area contributed by atoms with Crippen LogP contribution < -0.4 is 5.32 Å². The van der Waals surface area contributed by atoms with E-state index in [1.807, 2.05) is 0 Å². The van der Waals surface area contributed by atoms with E-state index in [1.54, 1.807) is 12.4 Å². The summed E-state index contributed by atoms with van der Waals surface area (Å²) in [5.41, 5.74) is 1.80. The lowest BCUT2D eigenvalue weighted by Gasteiger charge is -2.26. The van der Waals surface area contributed by atoms with Crippen molar-refractivity contribution in [3.8, 4) is 0 Å². The summed E-state index contributed by atoms with van der Waals surface area (Å²) >= 11 is 3.26. The number of aromatic nitrogens is 3. The Hall–Kier alpha value is -1.43. The van der Waals surface area contributed by atoms with Crippen molar-refractivity contribution in [1.29, 1.82) is 0 Å². The molecule has 2 aromatic heterocycles. The quantitative estimate of drug-likeness (QED) is 0.890. The van der Waals surface area contributed by atoms with Gasteiger partial charge in [0.25, 0.3) is 5.91 Å². The molecule has 2 heterocycles. The molecule has 2 aromatic rings. The first-order valence-electron chi connectivity index (χ1n) is 5.54. The monoisotopic (exact) mass is 294 g/mol. The van der Waals surface area contributed by atoms with Crippen molar-refractivity contribution in [3.63, 3.8) is 0 Å². The van der Waals surface area contributed by atoms with Gasteiger partial charge in [0.2, 0.25) is 0 Å². The number of carbonyl (C=O) groups is 1. The van der Waals surface area contributed by atoms with Crippen LogP contribution in [0.15, 0.2) is 17.0 Å². The maximum absolute atomic E-state index is 12.0. The van der Waals surface area contributed by atoms with E-state index in [9.17, 15) is 4.79 Å². The molecule has 0 bridgehead atoms. The van der Waals surface area contributed by atoms with E-state index in [4.69, 9.17) is 0 Å². The van der Waals surface area contributed by atoms with Crippen LogP contribution in [0.1, 0.15) is 29.6 Å². The maximum atomic E-state index is 12.0. The zero-order valence-electron chi connectivity index (χ0n) is 9.03. The van der Waals surface area contributed by atoms with Crippen LogP contribution in [0.4, 0.5) is 0 Å². The third-order valence-electron chi connectivity index (χ3n) is 3.04. The van der Waals surface area contributed by atoms with Crippen LogP contribution in [0.3, 0.4) is 0 Å². The minimum Gasteiger partial charge on any atom is -0.349 e. The number of hydrogen-bond donors (Lipinski definition) is 2. The van der Waals surface area contributed by atoms with Gasteiger partial charge in [0.1, 0.15) is 10.1 Å². The second kappa shape index (κ2) is 4.10. The molecule has 0 radical (unpaired) electrons. The largest absolute Gasteiger partial charge is 0.349 e. The number of hydrogen-bond acceptors (Lipinski definition) is 3. The van der Waals surface area contributed by atoms with Gasteiger partial charge in [-0.05, 0) is 35.2 Å². The average Bonchev–Trinajstić information content (AvgIpc) is 2.66. The molecule has 17 heavy (non-hydrogen) atoms. The number of nitrogens with zero attached hydrogens (tertiary/aromatic N) is 2. The van der Waals surface area contributed by atoms with Crippen LogP contribution >= 0.6 is 15.9 Å². The lowest BCUT2D eigenvalue weighted by Crippen LogP contribution is -2.39. The predicted octanol–water partition coefficient (Wildman–Crippen LogP) is 2.00. The summed E-state index contributed by atoms with van der Waals surface area (Å²) in [4.78, 5) is 23.4. The van der Waals surface area contributed by atoms with Gasteiger partial charge in [-0.2, -0.15) is 0 Å². The molecule has 2 N–H and O–H groups in total. The molecule has 88 valence electrons. The van der Waals surface area contributed by atoms with E-state index in [2.05, 4.69) is 36.2 Å². The number of H-pyrrole nitrogens is 1. The summed E-state index contributed by atoms with van der Waals surface area (Å²) in [6.07, 6.45) is 6.61. The first-order chi connectivity index (χ1) is 8.24. The Balaban J connectivity index is 1.93. The maximum Gasteiger partial charge on any atom is 0.255 e. The second-order valence-corrected chi connectivity index (χ2v) is 5.01. The predicted molar refractivity (Wildman–Crippen MR) is 66.7 cm³/mol. The van der Waals surface area contributed by atoms with Gasteiger partial charge in [-0.15, -0.1) is 0 Å². The zero-order chi connectivity index (χ0) is 11.8. The molecular formula is C11H11BrN4O. The highest BCUT2D eigenvalue weighted by molar-refractivity contribution is 9.10. The van der Waals surface area contributed by atoms with Gasteiger partial charge >= 0.3 is 0 Å². The summed E-state index contributed by atoms with van der Waals surface area (Å²) < 4.78 is 0.627. The van der Waals surface area contributed by atoms with Crippen molar-refractivity contribution in [1.82, 2.24) is 20.3 Å². The zero-order valence-corrected chi connectivity index (χ0v) is 10.6. The second-order valence-electron chi connectivity index (χ2n) is 4.19. The SMILES string of the molecule is O=C(NC1CCC1)c1c[nH]c2ncc(Br)nc12. The number of fused-ring (bicyclic) bond motifs is 1. The molecule has 0 unspecified atom stereocenters. The number of aromatic amines is 1. The van der Waals surface area contributed by atoms with Gasteiger partial charge in [0.05, 0.1) is 11.8 Å². The molecule has 1 saturated carbocycles. The molecule has 1 fully saturated rings. The van der Waals surface area contributed by atoms with Crippen molar-refractivity contribution in [2.24, 2.45) is 0 Å². The molecular weight excluding hydrogens is 284 g/mol. The minimum atomic E-state index is -0.0756. The highest BCUT2D eigenvalue weighted by Crippen LogP contribution is 2.20. The molecule has 0 aromatic carbocycles. The van der Waals surface area contributed by atoms with Crippen molar-refractivity contribution in [3.05, 3.63) is 22.6 Å². The Morgan fingerprint density at radius 2 is 2.35 bits per heavy atom. The van der Waals surface area contributed by atoms with Crippen molar-refractivity contribution < 1.29 is 4.79 Å². The Labute approximate surface area is 106 Å². The lowest BCUT2D eigenvalue weighted by molar-refractivity contribution is 0.0918. The summed E-state index contributed by atoms with van der Waals surface area (Å²) in [6, 6.07) is 0.326. The number of nitrogens with one attached hydrogen (secondary N) is 2. The van der Waals surface area contributed by atoms with Gasteiger partial charge in [0, 0.05) is 12.2 Å². The summed E-state index contributed by atoms with van der Waals surface area (Å²) in [7, 11) is 0. The van der Waals surface area contributed by atoms with Gasteiger partial charge < -0.3 is 10.3 Å². The number of rotatable bonds is 2. The highest BCUT2D eigenvalue weighted by Gasteiger charge is 2.22. The fraction of sp³-hybridized carbons (Fsp3) is 0.364. The number of halogens is 1. The number of carbonyl (C=O) groups excluding carboxylic acids is 1. The van der Waals surface area contributed by atoms with Gasteiger partial charge in [-0.25, -0.2) is 9.97 Å². The van der Waals surface area contributed by atoms with E-state index in [1.165, 1.54) is 6.42 Å². The summed E-state index contributed by atoms with van der Waals surface area (Å²) in [5.74, 6) is -0.0756. The highest BCUT2D eigenvalue weighted by atomic mass is 79.9. The van der Waals surface area contributed by atoms with Crippen LogP contribution in [0.25, 0.3) is 11.2 Å².